The quantitative estimate of drug-likeness (QED) is 0.539. The molecule has 0 unspecified atom stereocenters. The molecule has 0 atom stereocenters. The van der Waals surface area contributed by atoms with Gasteiger partial charge in [0.1, 0.15) is 11.9 Å². The third-order valence-electron chi connectivity index (χ3n) is 2.03. The maximum absolute atomic E-state index is 5.16. The number of hydrogen-bond acceptors (Lipinski definition) is 3. The number of methoxy groups -OCH3 is 1. The average Bonchev–Trinajstić information content (AvgIpc) is 3.02. The summed E-state index contributed by atoms with van der Waals surface area (Å²) in [7, 11) is 1.65. The molecule has 1 saturated carbocycles. The molecule has 1 aliphatic rings. The third-order valence-corrected chi connectivity index (χ3v) is 2.03. The zero-order chi connectivity index (χ0) is 9.80. The standard InChI is InChI=1S/C11H13NO2/c1-13-11-4-2-3-9(7-11)8-12-14-10-5-6-10/h2-4,7-8,10H,5-6H2,1H3. The van der Waals surface area contributed by atoms with Gasteiger partial charge in [0, 0.05) is 0 Å². The Bertz CT molecular complexity index is 332. The average molecular weight is 191 g/mol. The molecule has 1 aromatic carbocycles. The molecule has 74 valence electrons. The summed E-state index contributed by atoms with van der Waals surface area (Å²) in [5.41, 5.74) is 0.991. The highest BCUT2D eigenvalue weighted by molar-refractivity contribution is 5.79. The van der Waals surface area contributed by atoms with Gasteiger partial charge in [-0.2, -0.15) is 0 Å². The molecular formula is C11H13NO2. The molecule has 0 radical (unpaired) electrons. The van der Waals surface area contributed by atoms with Crippen LogP contribution in [0.5, 0.6) is 5.75 Å². The molecule has 0 spiro atoms. The van der Waals surface area contributed by atoms with Crippen LogP contribution in [-0.2, 0) is 4.84 Å². The van der Waals surface area contributed by atoms with Crippen molar-refractivity contribution in [3.05, 3.63) is 29.8 Å². The first-order chi connectivity index (χ1) is 6.88. The topological polar surface area (TPSA) is 30.8 Å². The maximum Gasteiger partial charge on any atom is 0.127 e. The summed E-state index contributed by atoms with van der Waals surface area (Å²) in [4.78, 5) is 5.16. The number of hydrogen-bond donors (Lipinski definition) is 0. The second-order valence-electron chi connectivity index (χ2n) is 3.32. The van der Waals surface area contributed by atoms with Gasteiger partial charge >= 0.3 is 0 Å². The summed E-state index contributed by atoms with van der Waals surface area (Å²) < 4.78 is 5.09. The van der Waals surface area contributed by atoms with Crippen LogP contribution in [0.4, 0.5) is 0 Å². The van der Waals surface area contributed by atoms with Crippen molar-refractivity contribution in [2.75, 3.05) is 7.11 Å². The Morgan fingerprint density at radius 3 is 3.00 bits per heavy atom. The van der Waals surface area contributed by atoms with Gasteiger partial charge in [0.25, 0.3) is 0 Å². The van der Waals surface area contributed by atoms with Gasteiger partial charge in [0.2, 0.25) is 0 Å². The highest BCUT2D eigenvalue weighted by Crippen LogP contribution is 2.23. The Labute approximate surface area is 83.3 Å². The normalized spacial score (nSPS) is 15.8. The van der Waals surface area contributed by atoms with Crippen molar-refractivity contribution in [1.82, 2.24) is 0 Å². The Morgan fingerprint density at radius 1 is 1.43 bits per heavy atom. The van der Waals surface area contributed by atoms with Gasteiger partial charge in [0.15, 0.2) is 0 Å². The molecule has 3 heteroatoms. The fourth-order valence-corrected chi connectivity index (χ4v) is 1.07. The number of ether oxygens (including phenoxy) is 1. The van der Waals surface area contributed by atoms with Crippen LogP contribution in [0.3, 0.4) is 0 Å². The van der Waals surface area contributed by atoms with Crippen LogP contribution in [0.2, 0.25) is 0 Å². The van der Waals surface area contributed by atoms with E-state index in [-0.39, 0.29) is 0 Å². The Hall–Kier alpha value is -1.51. The monoisotopic (exact) mass is 191 g/mol. The fraction of sp³-hybridized carbons (Fsp3) is 0.364. The van der Waals surface area contributed by atoms with E-state index in [9.17, 15) is 0 Å². The molecule has 1 aromatic rings. The summed E-state index contributed by atoms with van der Waals surface area (Å²) >= 11 is 0. The summed E-state index contributed by atoms with van der Waals surface area (Å²) in [6.07, 6.45) is 4.34. The van der Waals surface area contributed by atoms with Gasteiger partial charge in [-0.15, -0.1) is 0 Å². The number of oxime groups is 1. The number of nitrogens with zero attached hydrogens (tertiary/aromatic N) is 1. The fourth-order valence-electron chi connectivity index (χ4n) is 1.07. The van der Waals surface area contributed by atoms with E-state index in [1.807, 2.05) is 24.3 Å². The van der Waals surface area contributed by atoms with Crippen molar-refractivity contribution in [3.8, 4) is 5.75 Å². The Morgan fingerprint density at radius 2 is 2.29 bits per heavy atom. The molecular weight excluding hydrogens is 178 g/mol. The highest BCUT2D eigenvalue weighted by Gasteiger charge is 2.23. The second kappa shape index (κ2) is 4.13. The predicted octanol–water partition coefficient (Wildman–Crippen LogP) is 2.21. The summed E-state index contributed by atoms with van der Waals surface area (Å²) in [6, 6.07) is 7.71. The van der Waals surface area contributed by atoms with E-state index in [1.165, 1.54) is 0 Å². The zero-order valence-corrected chi connectivity index (χ0v) is 8.14. The van der Waals surface area contributed by atoms with Gasteiger partial charge in [-0.3, -0.25) is 0 Å². The van der Waals surface area contributed by atoms with E-state index in [1.54, 1.807) is 13.3 Å². The summed E-state index contributed by atoms with van der Waals surface area (Å²) in [6.45, 7) is 0. The lowest BCUT2D eigenvalue weighted by molar-refractivity contribution is 0.131. The molecule has 3 nitrogen and oxygen atoms in total. The van der Waals surface area contributed by atoms with Crippen LogP contribution in [0.25, 0.3) is 0 Å². The SMILES string of the molecule is COc1cccc(C=NOC2CC2)c1. The van der Waals surface area contributed by atoms with E-state index >= 15 is 0 Å². The van der Waals surface area contributed by atoms with Crippen molar-refractivity contribution in [2.45, 2.75) is 18.9 Å². The lowest BCUT2D eigenvalue weighted by Crippen LogP contribution is -1.88. The van der Waals surface area contributed by atoms with Gasteiger partial charge < -0.3 is 9.57 Å². The number of benzene rings is 1. The molecule has 0 aliphatic heterocycles. The van der Waals surface area contributed by atoms with E-state index in [0.29, 0.717) is 6.10 Å². The highest BCUT2D eigenvalue weighted by atomic mass is 16.6. The van der Waals surface area contributed by atoms with Crippen molar-refractivity contribution in [1.29, 1.82) is 0 Å². The van der Waals surface area contributed by atoms with Gasteiger partial charge in [-0.25, -0.2) is 0 Å². The molecule has 0 aromatic heterocycles. The molecule has 1 fully saturated rings. The van der Waals surface area contributed by atoms with Crippen LogP contribution >= 0.6 is 0 Å². The first-order valence-electron chi connectivity index (χ1n) is 4.72. The van der Waals surface area contributed by atoms with Crippen LogP contribution < -0.4 is 4.74 Å². The van der Waals surface area contributed by atoms with Crippen molar-refractivity contribution in [3.63, 3.8) is 0 Å². The van der Waals surface area contributed by atoms with E-state index < -0.39 is 0 Å². The molecule has 2 rings (SSSR count). The summed E-state index contributed by atoms with van der Waals surface area (Å²) in [5.74, 6) is 0.834. The van der Waals surface area contributed by atoms with Crippen LogP contribution in [-0.4, -0.2) is 19.4 Å². The minimum absolute atomic E-state index is 0.358. The van der Waals surface area contributed by atoms with Crippen LogP contribution in [0.15, 0.2) is 29.4 Å². The minimum Gasteiger partial charge on any atom is -0.497 e. The molecule has 0 bridgehead atoms. The van der Waals surface area contributed by atoms with E-state index in [2.05, 4.69) is 5.16 Å². The van der Waals surface area contributed by atoms with Gasteiger partial charge in [-0.05, 0) is 30.5 Å². The first-order valence-corrected chi connectivity index (χ1v) is 4.72. The first kappa shape index (κ1) is 9.06. The Balaban J connectivity index is 1.96. The van der Waals surface area contributed by atoms with Crippen LogP contribution in [0.1, 0.15) is 18.4 Å². The second-order valence-corrected chi connectivity index (χ2v) is 3.32. The minimum atomic E-state index is 0.358. The zero-order valence-electron chi connectivity index (χ0n) is 8.14. The van der Waals surface area contributed by atoms with Gasteiger partial charge in [0.05, 0.1) is 13.3 Å². The molecule has 14 heavy (non-hydrogen) atoms. The van der Waals surface area contributed by atoms with Crippen molar-refractivity contribution >= 4 is 6.21 Å². The third kappa shape index (κ3) is 2.49. The van der Waals surface area contributed by atoms with Crippen LogP contribution in [0, 0.1) is 0 Å². The predicted molar refractivity (Wildman–Crippen MR) is 54.7 cm³/mol. The maximum atomic E-state index is 5.16. The number of rotatable bonds is 4. The van der Waals surface area contributed by atoms with E-state index in [0.717, 1.165) is 24.2 Å². The van der Waals surface area contributed by atoms with E-state index in [4.69, 9.17) is 9.57 Å². The largest absolute Gasteiger partial charge is 0.497 e. The van der Waals surface area contributed by atoms with Crippen molar-refractivity contribution < 1.29 is 9.57 Å². The lowest BCUT2D eigenvalue weighted by atomic mass is 10.2. The molecule has 0 amide bonds. The lowest BCUT2D eigenvalue weighted by Gasteiger charge is -1.99. The smallest absolute Gasteiger partial charge is 0.127 e. The van der Waals surface area contributed by atoms with Crippen molar-refractivity contribution in [2.24, 2.45) is 5.16 Å². The molecule has 0 heterocycles. The van der Waals surface area contributed by atoms with Gasteiger partial charge in [-0.1, -0.05) is 17.3 Å². The Kier molecular flexibility index (Phi) is 2.68. The summed E-state index contributed by atoms with van der Waals surface area (Å²) in [5, 5.41) is 3.90. The molecule has 0 saturated heterocycles. The molecule has 0 N–H and O–H groups in total. The molecule has 1 aliphatic carbocycles.